The number of nitrogens with zero attached hydrogens (tertiary/aromatic N) is 2. The molecule has 7 aromatic carbocycles. The molecule has 0 aliphatic heterocycles. The zero-order chi connectivity index (χ0) is 32.3. The van der Waals surface area contributed by atoms with Crippen molar-refractivity contribution in [1.82, 2.24) is 4.57 Å². The van der Waals surface area contributed by atoms with E-state index >= 15 is 0 Å². The van der Waals surface area contributed by atoms with E-state index < -0.39 is 0 Å². The first-order chi connectivity index (χ1) is 23.4. The van der Waals surface area contributed by atoms with Crippen LogP contribution >= 0.6 is 0 Å². The zero-order valence-electron chi connectivity index (χ0n) is 27.5. The molecule has 0 fully saturated rings. The van der Waals surface area contributed by atoms with Crippen molar-refractivity contribution in [3.05, 3.63) is 150 Å². The highest BCUT2D eigenvalue weighted by Crippen LogP contribution is 2.55. The molecule has 48 heavy (non-hydrogen) atoms. The Morgan fingerprint density at radius 1 is 0.542 bits per heavy atom. The van der Waals surface area contributed by atoms with Crippen LogP contribution in [0.25, 0.3) is 65.6 Å². The molecule has 2 aromatic heterocycles. The van der Waals surface area contributed by atoms with Gasteiger partial charge in [0.2, 0.25) is 0 Å². The third-order valence-corrected chi connectivity index (χ3v) is 10.8. The first-order valence-corrected chi connectivity index (χ1v) is 16.7. The molecule has 1 aliphatic rings. The Balaban J connectivity index is 1.30. The van der Waals surface area contributed by atoms with E-state index in [1.807, 2.05) is 6.07 Å². The maximum atomic E-state index is 6.29. The average Bonchev–Trinajstić information content (AvgIpc) is 3.70. The summed E-state index contributed by atoms with van der Waals surface area (Å²) in [6, 6.07) is 49.0. The van der Waals surface area contributed by atoms with Crippen LogP contribution in [0.15, 0.2) is 138 Å². The molecular formula is C45H34N2O. The van der Waals surface area contributed by atoms with E-state index in [1.165, 1.54) is 66.1 Å². The smallest absolute Gasteiger partial charge is 0.135 e. The summed E-state index contributed by atoms with van der Waals surface area (Å²) in [5.41, 5.74) is 14.3. The van der Waals surface area contributed by atoms with Gasteiger partial charge in [-0.15, -0.1) is 0 Å². The van der Waals surface area contributed by atoms with Crippen LogP contribution in [0.2, 0.25) is 0 Å². The number of para-hydroxylation sites is 2. The number of aromatic nitrogens is 1. The van der Waals surface area contributed by atoms with Gasteiger partial charge >= 0.3 is 0 Å². The Hall–Kier alpha value is -5.80. The van der Waals surface area contributed by atoms with E-state index in [0.29, 0.717) is 0 Å². The molecule has 2 heterocycles. The van der Waals surface area contributed by atoms with Crippen LogP contribution in [0.4, 0.5) is 17.1 Å². The summed E-state index contributed by atoms with van der Waals surface area (Å²) in [5.74, 6) is 0. The molecule has 0 radical (unpaired) electrons. The number of benzene rings is 7. The quantitative estimate of drug-likeness (QED) is 0.196. The van der Waals surface area contributed by atoms with Gasteiger partial charge in [-0.3, -0.25) is 0 Å². The van der Waals surface area contributed by atoms with E-state index in [1.54, 1.807) is 0 Å². The third-order valence-electron chi connectivity index (χ3n) is 10.8. The molecule has 0 amide bonds. The van der Waals surface area contributed by atoms with Gasteiger partial charge in [-0.25, -0.2) is 0 Å². The molecule has 1 aliphatic carbocycles. The molecule has 3 heteroatoms. The van der Waals surface area contributed by atoms with Gasteiger partial charge in [0.25, 0.3) is 0 Å². The van der Waals surface area contributed by atoms with Crippen LogP contribution in [-0.2, 0) is 12.5 Å². The second-order valence-electron chi connectivity index (χ2n) is 13.9. The second-order valence-corrected chi connectivity index (χ2v) is 13.9. The molecule has 0 spiro atoms. The Labute approximate surface area is 279 Å². The lowest BCUT2D eigenvalue weighted by Gasteiger charge is -2.30. The number of furan rings is 1. The van der Waals surface area contributed by atoms with Gasteiger partial charge in [0.05, 0.1) is 11.2 Å². The molecule has 9 aromatic rings. The minimum Gasteiger partial charge on any atom is -0.456 e. The summed E-state index contributed by atoms with van der Waals surface area (Å²) in [4.78, 5) is 2.46. The predicted octanol–water partition coefficient (Wildman–Crippen LogP) is 12.5. The molecule has 0 saturated carbocycles. The average molecular weight is 619 g/mol. The van der Waals surface area contributed by atoms with Crippen molar-refractivity contribution in [2.24, 2.45) is 7.05 Å². The monoisotopic (exact) mass is 618 g/mol. The standard InChI is InChI=1S/C45H34N2O/c1-27-17-20-35-37(23-27)45(2,3)38-26-41(31-12-5-6-14-34(31)44(35)38)47(28-19-22-43-36(24-28)33-13-8-10-16-42(33)48-43)29-18-21-32-30-11-7-9-15-39(30)46(4)40(32)25-29/h5-26H,1-4H3. The number of hydrogen-bond acceptors (Lipinski definition) is 2. The van der Waals surface area contributed by atoms with Crippen LogP contribution in [-0.4, -0.2) is 4.57 Å². The minimum atomic E-state index is -0.147. The van der Waals surface area contributed by atoms with Crippen molar-refractivity contribution in [3.63, 3.8) is 0 Å². The van der Waals surface area contributed by atoms with Gasteiger partial charge < -0.3 is 13.9 Å². The van der Waals surface area contributed by atoms with Crippen molar-refractivity contribution in [2.75, 3.05) is 4.90 Å². The first-order valence-electron chi connectivity index (χ1n) is 16.7. The normalized spacial score (nSPS) is 13.6. The number of aryl methyl sites for hydroxylation is 2. The van der Waals surface area contributed by atoms with Gasteiger partial charge in [-0.2, -0.15) is 0 Å². The topological polar surface area (TPSA) is 21.3 Å². The van der Waals surface area contributed by atoms with Gasteiger partial charge in [0, 0.05) is 56.3 Å². The Morgan fingerprint density at radius 3 is 2.06 bits per heavy atom. The van der Waals surface area contributed by atoms with Gasteiger partial charge in [-0.1, -0.05) is 104 Å². The third kappa shape index (κ3) is 3.64. The van der Waals surface area contributed by atoms with E-state index in [0.717, 1.165) is 33.3 Å². The summed E-state index contributed by atoms with van der Waals surface area (Å²) in [5, 5.41) is 7.30. The van der Waals surface area contributed by atoms with Crippen molar-refractivity contribution >= 4 is 71.6 Å². The highest BCUT2D eigenvalue weighted by Gasteiger charge is 2.38. The van der Waals surface area contributed by atoms with Gasteiger partial charge in [0.1, 0.15) is 11.2 Å². The van der Waals surface area contributed by atoms with Crippen molar-refractivity contribution < 1.29 is 4.42 Å². The van der Waals surface area contributed by atoms with Crippen molar-refractivity contribution in [3.8, 4) is 11.1 Å². The van der Waals surface area contributed by atoms with Crippen LogP contribution in [0.3, 0.4) is 0 Å². The Kier molecular flexibility index (Phi) is 5.48. The molecule has 230 valence electrons. The fourth-order valence-corrected chi connectivity index (χ4v) is 8.43. The van der Waals surface area contributed by atoms with E-state index in [2.05, 4.69) is 165 Å². The number of fused-ring (bicyclic) bond motifs is 11. The summed E-state index contributed by atoms with van der Waals surface area (Å²) in [6.45, 7) is 6.96. The van der Waals surface area contributed by atoms with Crippen molar-refractivity contribution in [1.29, 1.82) is 0 Å². The van der Waals surface area contributed by atoms with E-state index in [9.17, 15) is 0 Å². The van der Waals surface area contributed by atoms with E-state index in [4.69, 9.17) is 4.42 Å². The highest BCUT2D eigenvalue weighted by molar-refractivity contribution is 6.13. The Morgan fingerprint density at radius 2 is 1.21 bits per heavy atom. The highest BCUT2D eigenvalue weighted by atomic mass is 16.3. The number of rotatable bonds is 3. The summed E-state index contributed by atoms with van der Waals surface area (Å²) in [6.07, 6.45) is 0. The van der Waals surface area contributed by atoms with E-state index in [-0.39, 0.29) is 5.41 Å². The summed E-state index contributed by atoms with van der Waals surface area (Å²) >= 11 is 0. The minimum absolute atomic E-state index is 0.147. The largest absolute Gasteiger partial charge is 0.456 e. The summed E-state index contributed by atoms with van der Waals surface area (Å²) < 4.78 is 8.61. The maximum absolute atomic E-state index is 6.29. The predicted molar refractivity (Wildman–Crippen MR) is 202 cm³/mol. The van der Waals surface area contributed by atoms with Crippen molar-refractivity contribution in [2.45, 2.75) is 26.2 Å². The van der Waals surface area contributed by atoms with Gasteiger partial charge in [-0.05, 0) is 83.1 Å². The molecule has 0 atom stereocenters. The first kappa shape index (κ1) is 27.3. The second kappa shape index (κ2) is 9.62. The fraction of sp³-hybridized carbons (Fsp3) is 0.111. The molecule has 0 saturated heterocycles. The van der Waals surface area contributed by atoms with Gasteiger partial charge in [0.15, 0.2) is 0 Å². The zero-order valence-corrected chi connectivity index (χ0v) is 27.5. The molecule has 0 N–H and O–H groups in total. The SMILES string of the molecule is Cc1ccc2c(c1)C(C)(C)c1cc(N(c3ccc4oc5ccccc5c4c3)c3ccc4c5ccccc5n(C)c4c3)c3ccccc3c1-2. The lowest BCUT2D eigenvalue weighted by Crippen LogP contribution is -2.17. The Bertz CT molecular complexity index is 2790. The lowest BCUT2D eigenvalue weighted by atomic mass is 9.81. The lowest BCUT2D eigenvalue weighted by molar-refractivity contribution is 0.660. The van der Waals surface area contributed by atoms with Crippen LogP contribution in [0.5, 0.6) is 0 Å². The van der Waals surface area contributed by atoms with Crippen LogP contribution in [0, 0.1) is 6.92 Å². The maximum Gasteiger partial charge on any atom is 0.135 e. The molecule has 3 nitrogen and oxygen atoms in total. The molecular weight excluding hydrogens is 585 g/mol. The molecule has 0 unspecified atom stereocenters. The van der Waals surface area contributed by atoms with Crippen LogP contribution < -0.4 is 4.90 Å². The fourth-order valence-electron chi connectivity index (χ4n) is 8.43. The molecule has 10 rings (SSSR count). The number of hydrogen-bond donors (Lipinski definition) is 0. The van der Waals surface area contributed by atoms with Crippen LogP contribution in [0.1, 0.15) is 30.5 Å². The molecule has 0 bridgehead atoms. The number of anilines is 3. The summed E-state index contributed by atoms with van der Waals surface area (Å²) in [7, 11) is 2.18.